The molecule has 1 aliphatic heterocycles. The van der Waals surface area contributed by atoms with Gasteiger partial charge in [-0.05, 0) is 49.6 Å². The molecule has 0 saturated carbocycles. The van der Waals surface area contributed by atoms with Gasteiger partial charge in [-0.3, -0.25) is 4.79 Å². The fourth-order valence-corrected chi connectivity index (χ4v) is 5.12. The molecule has 1 N–H and O–H groups in total. The lowest BCUT2D eigenvalue weighted by atomic mass is 10.2. The van der Waals surface area contributed by atoms with Crippen LogP contribution in [0.25, 0.3) is 0 Å². The third-order valence-corrected chi connectivity index (χ3v) is 7.21. The standard InChI is InChI=1S/C23H30N2O5S/c1-3-21(30-18-11-7-6-8-12-18)23(26)24-20-17-19(13-14-22(20)29-2)31(27,28)25-15-9-4-5-10-16-25/h6-8,11-14,17,21H,3-5,9-10,15-16H2,1-2H3,(H,24,26)/t21-/m1/s1. The maximum absolute atomic E-state index is 13.2. The molecule has 7 nitrogen and oxygen atoms in total. The lowest BCUT2D eigenvalue weighted by Gasteiger charge is -2.22. The van der Waals surface area contributed by atoms with Crippen molar-refractivity contribution in [3.05, 3.63) is 48.5 Å². The second-order valence-corrected chi connectivity index (χ2v) is 9.44. The van der Waals surface area contributed by atoms with E-state index >= 15 is 0 Å². The Bertz CT molecular complexity index is 971. The topological polar surface area (TPSA) is 84.9 Å². The second kappa shape index (κ2) is 10.6. The highest BCUT2D eigenvalue weighted by molar-refractivity contribution is 7.89. The zero-order chi connectivity index (χ0) is 22.3. The Morgan fingerprint density at radius 3 is 2.35 bits per heavy atom. The Labute approximate surface area is 184 Å². The number of benzene rings is 2. The molecule has 0 aromatic heterocycles. The molecule has 2 aromatic rings. The highest BCUT2D eigenvalue weighted by Crippen LogP contribution is 2.30. The number of methoxy groups -OCH3 is 1. The summed E-state index contributed by atoms with van der Waals surface area (Å²) in [6.45, 7) is 2.88. The number of hydrogen-bond acceptors (Lipinski definition) is 5. The quantitative estimate of drug-likeness (QED) is 0.661. The molecule has 0 unspecified atom stereocenters. The largest absolute Gasteiger partial charge is 0.495 e. The lowest BCUT2D eigenvalue weighted by Crippen LogP contribution is -2.33. The third-order valence-electron chi connectivity index (χ3n) is 5.32. The summed E-state index contributed by atoms with van der Waals surface area (Å²) in [6.07, 6.45) is 3.51. The molecule has 2 aromatic carbocycles. The number of carbonyl (C=O) groups excluding carboxylic acids is 1. The summed E-state index contributed by atoms with van der Waals surface area (Å²) in [4.78, 5) is 13.0. The van der Waals surface area contributed by atoms with E-state index in [0.29, 0.717) is 36.7 Å². The van der Waals surface area contributed by atoms with Gasteiger partial charge in [0.15, 0.2) is 6.10 Å². The molecule has 31 heavy (non-hydrogen) atoms. The van der Waals surface area contributed by atoms with Gasteiger partial charge in [0.1, 0.15) is 11.5 Å². The number of hydrogen-bond donors (Lipinski definition) is 1. The number of nitrogens with one attached hydrogen (secondary N) is 1. The van der Waals surface area contributed by atoms with E-state index < -0.39 is 16.1 Å². The first-order chi connectivity index (χ1) is 15.0. The number of ether oxygens (including phenoxy) is 2. The minimum atomic E-state index is -3.65. The molecule has 0 bridgehead atoms. The van der Waals surface area contributed by atoms with Crippen molar-refractivity contribution in [1.82, 2.24) is 4.31 Å². The van der Waals surface area contributed by atoms with Gasteiger partial charge in [0.25, 0.3) is 5.91 Å². The molecule has 3 rings (SSSR count). The molecule has 8 heteroatoms. The SMILES string of the molecule is CC[C@@H](Oc1ccccc1)C(=O)Nc1cc(S(=O)(=O)N2CCCCCC2)ccc1OC. The second-order valence-electron chi connectivity index (χ2n) is 7.50. The summed E-state index contributed by atoms with van der Waals surface area (Å²) >= 11 is 0. The zero-order valence-electron chi connectivity index (χ0n) is 18.0. The van der Waals surface area contributed by atoms with Crippen LogP contribution in [0.2, 0.25) is 0 Å². The molecule has 1 saturated heterocycles. The van der Waals surface area contributed by atoms with Crippen LogP contribution in [0.1, 0.15) is 39.0 Å². The number of amides is 1. The number of anilines is 1. The van der Waals surface area contributed by atoms with Crippen LogP contribution in [0.4, 0.5) is 5.69 Å². The van der Waals surface area contributed by atoms with E-state index in [1.54, 1.807) is 18.2 Å². The summed E-state index contributed by atoms with van der Waals surface area (Å²) in [7, 11) is -2.17. The predicted octanol–water partition coefficient (Wildman–Crippen LogP) is 4.06. The van der Waals surface area contributed by atoms with Crippen molar-refractivity contribution in [2.45, 2.75) is 50.0 Å². The van der Waals surface area contributed by atoms with Crippen molar-refractivity contribution in [3.8, 4) is 11.5 Å². The average Bonchev–Trinajstić information content (AvgIpc) is 3.08. The van der Waals surface area contributed by atoms with Crippen LogP contribution in [-0.4, -0.2) is 44.9 Å². The first-order valence-corrected chi connectivity index (χ1v) is 12.1. The van der Waals surface area contributed by atoms with Crippen molar-refractivity contribution in [2.75, 3.05) is 25.5 Å². The van der Waals surface area contributed by atoms with Crippen molar-refractivity contribution in [3.63, 3.8) is 0 Å². The van der Waals surface area contributed by atoms with Crippen molar-refractivity contribution < 1.29 is 22.7 Å². The summed E-state index contributed by atoms with van der Waals surface area (Å²) in [5.41, 5.74) is 0.304. The maximum atomic E-state index is 13.2. The third kappa shape index (κ3) is 5.77. The van der Waals surface area contributed by atoms with Crippen LogP contribution < -0.4 is 14.8 Å². The smallest absolute Gasteiger partial charge is 0.265 e. The molecular formula is C23H30N2O5S. The number of carbonyl (C=O) groups is 1. The lowest BCUT2D eigenvalue weighted by molar-refractivity contribution is -0.122. The maximum Gasteiger partial charge on any atom is 0.265 e. The van der Waals surface area contributed by atoms with E-state index in [4.69, 9.17) is 9.47 Å². The van der Waals surface area contributed by atoms with Crippen LogP contribution in [0.15, 0.2) is 53.4 Å². The predicted molar refractivity (Wildman–Crippen MR) is 120 cm³/mol. The van der Waals surface area contributed by atoms with Crippen molar-refractivity contribution in [1.29, 1.82) is 0 Å². The molecule has 1 aliphatic rings. The van der Waals surface area contributed by atoms with Gasteiger partial charge in [-0.25, -0.2) is 8.42 Å². The normalized spacial score (nSPS) is 16.2. The van der Waals surface area contributed by atoms with Gasteiger partial charge in [-0.1, -0.05) is 38.0 Å². The van der Waals surface area contributed by atoms with E-state index in [0.717, 1.165) is 25.7 Å². The van der Waals surface area contributed by atoms with Crippen LogP contribution in [-0.2, 0) is 14.8 Å². The van der Waals surface area contributed by atoms with Crippen LogP contribution >= 0.6 is 0 Å². The zero-order valence-corrected chi connectivity index (χ0v) is 18.9. The molecule has 0 spiro atoms. The molecular weight excluding hydrogens is 416 g/mol. The van der Waals surface area contributed by atoms with Gasteiger partial charge in [-0.15, -0.1) is 0 Å². The highest BCUT2D eigenvalue weighted by Gasteiger charge is 2.27. The van der Waals surface area contributed by atoms with E-state index in [1.807, 2.05) is 25.1 Å². The Balaban J connectivity index is 1.82. The number of sulfonamides is 1. The minimum Gasteiger partial charge on any atom is -0.495 e. The van der Waals surface area contributed by atoms with E-state index in [1.165, 1.54) is 23.5 Å². The Morgan fingerprint density at radius 1 is 1.06 bits per heavy atom. The summed E-state index contributed by atoms with van der Waals surface area (Å²) in [6, 6.07) is 13.7. The van der Waals surface area contributed by atoms with Crippen LogP contribution in [0.3, 0.4) is 0 Å². The molecule has 1 amide bonds. The van der Waals surface area contributed by atoms with Gasteiger partial charge in [0.2, 0.25) is 10.0 Å². The molecule has 1 heterocycles. The Hall–Kier alpha value is -2.58. The van der Waals surface area contributed by atoms with Crippen molar-refractivity contribution >= 4 is 21.6 Å². The summed E-state index contributed by atoms with van der Waals surface area (Å²) in [5, 5.41) is 2.79. The van der Waals surface area contributed by atoms with Crippen molar-refractivity contribution in [2.24, 2.45) is 0 Å². The Kier molecular flexibility index (Phi) is 7.92. The van der Waals surface area contributed by atoms with Crippen LogP contribution in [0.5, 0.6) is 11.5 Å². The van der Waals surface area contributed by atoms with Crippen LogP contribution in [0, 0.1) is 0 Å². The Morgan fingerprint density at radius 2 is 1.74 bits per heavy atom. The molecule has 1 atom stereocenters. The van der Waals surface area contributed by atoms with Gasteiger partial charge >= 0.3 is 0 Å². The van der Waals surface area contributed by atoms with E-state index in [9.17, 15) is 13.2 Å². The minimum absolute atomic E-state index is 0.141. The van der Waals surface area contributed by atoms with Gasteiger partial charge in [-0.2, -0.15) is 4.31 Å². The molecule has 0 aliphatic carbocycles. The van der Waals surface area contributed by atoms with Gasteiger partial charge in [0.05, 0.1) is 17.7 Å². The van der Waals surface area contributed by atoms with Gasteiger partial charge in [0, 0.05) is 13.1 Å². The first-order valence-electron chi connectivity index (χ1n) is 10.7. The fraction of sp³-hybridized carbons (Fsp3) is 0.435. The summed E-state index contributed by atoms with van der Waals surface area (Å²) < 4.78 is 39.0. The molecule has 168 valence electrons. The van der Waals surface area contributed by atoms with E-state index in [-0.39, 0.29) is 10.8 Å². The molecule has 0 radical (unpaired) electrons. The monoisotopic (exact) mass is 446 g/mol. The number of rotatable bonds is 8. The fourth-order valence-electron chi connectivity index (χ4n) is 3.58. The van der Waals surface area contributed by atoms with Gasteiger partial charge < -0.3 is 14.8 Å². The highest BCUT2D eigenvalue weighted by atomic mass is 32.2. The molecule has 1 fully saturated rings. The van der Waals surface area contributed by atoms with E-state index in [2.05, 4.69) is 5.32 Å². The number of para-hydroxylation sites is 1. The number of nitrogens with zero attached hydrogens (tertiary/aromatic N) is 1. The first kappa shape index (κ1) is 23.1. The average molecular weight is 447 g/mol. The summed E-state index contributed by atoms with van der Waals surface area (Å²) in [5.74, 6) is 0.612.